The molecule has 0 bridgehead atoms. The Morgan fingerprint density at radius 3 is 2.52 bits per heavy atom. The summed E-state index contributed by atoms with van der Waals surface area (Å²) >= 11 is 9.96. The van der Waals surface area contributed by atoms with E-state index in [0.29, 0.717) is 14.4 Å². The lowest BCUT2D eigenvalue weighted by Crippen LogP contribution is -2.12. The van der Waals surface area contributed by atoms with Crippen LogP contribution in [-0.4, -0.2) is 19.5 Å². The van der Waals surface area contributed by atoms with Gasteiger partial charge in [-0.3, -0.25) is 4.72 Å². The van der Waals surface area contributed by atoms with Crippen LogP contribution in [0.1, 0.15) is 15.9 Å². The Morgan fingerprint density at radius 2 is 2.00 bits per heavy atom. The number of sulfonamides is 1. The first-order chi connectivity index (χ1) is 9.69. The number of aryl methyl sites for hydroxylation is 1. The van der Waals surface area contributed by atoms with Crippen LogP contribution in [0.25, 0.3) is 0 Å². The lowest BCUT2D eigenvalue weighted by molar-refractivity contribution is 0.0697. The third-order valence-corrected chi connectivity index (χ3v) is 6.36. The van der Waals surface area contributed by atoms with Crippen molar-refractivity contribution >= 4 is 60.5 Å². The molecule has 2 aromatic rings. The predicted molar refractivity (Wildman–Crippen MR) is 86.0 cm³/mol. The molecule has 0 fully saturated rings. The van der Waals surface area contributed by atoms with Crippen LogP contribution in [0, 0.1) is 6.92 Å². The van der Waals surface area contributed by atoms with Gasteiger partial charge < -0.3 is 5.11 Å². The minimum Gasteiger partial charge on any atom is -0.478 e. The number of hydrogen-bond donors (Lipinski definition) is 2. The molecule has 2 N–H and O–H groups in total. The number of carboxylic acid groups (broad SMARTS) is 1. The first-order valence-electron chi connectivity index (χ1n) is 5.51. The molecule has 0 aliphatic heterocycles. The molecule has 0 aliphatic carbocycles. The maximum Gasteiger partial charge on any atom is 0.335 e. The molecule has 0 aliphatic rings. The van der Waals surface area contributed by atoms with Crippen molar-refractivity contribution in [1.82, 2.24) is 0 Å². The van der Waals surface area contributed by atoms with Gasteiger partial charge in [-0.05, 0) is 36.8 Å². The van der Waals surface area contributed by atoms with Crippen LogP contribution in [0.4, 0.5) is 5.69 Å². The summed E-state index contributed by atoms with van der Waals surface area (Å²) in [6.07, 6.45) is 0. The third-order valence-electron chi connectivity index (χ3n) is 2.50. The normalized spacial score (nSPS) is 11.4. The van der Waals surface area contributed by atoms with Crippen LogP contribution in [0.3, 0.4) is 0 Å². The van der Waals surface area contributed by atoms with Crippen molar-refractivity contribution in [2.24, 2.45) is 0 Å². The molecule has 0 amide bonds. The first-order valence-corrected chi connectivity index (χ1v) is 8.99. The number of carboxylic acids is 1. The fourth-order valence-electron chi connectivity index (χ4n) is 1.54. The van der Waals surface area contributed by atoms with Crippen LogP contribution < -0.4 is 4.72 Å². The molecule has 0 saturated carbocycles. The van der Waals surface area contributed by atoms with Gasteiger partial charge in [-0.15, -0.1) is 11.3 Å². The number of aromatic carboxylic acids is 1. The topological polar surface area (TPSA) is 83.5 Å². The zero-order valence-corrected chi connectivity index (χ0v) is 14.5. The van der Waals surface area contributed by atoms with Gasteiger partial charge in [0, 0.05) is 4.47 Å². The average Bonchev–Trinajstić information content (AvgIpc) is 2.69. The van der Waals surface area contributed by atoms with E-state index in [9.17, 15) is 13.2 Å². The molecule has 5 nitrogen and oxygen atoms in total. The molecule has 0 radical (unpaired) electrons. The molecule has 21 heavy (non-hydrogen) atoms. The summed E-state index contributed by atoms with van der Waals surface area (Å²) in [5, 5.41) is 8.98. The summed E-state index contributed by atoms with van der Waals surface area (Å²) < 4.78 is 27.7. The molecular weight excluding hydrogens is 402 g/mol. The highest BCUT2D eigenvalue weighted by Crippen LogP contribution is 2.31. The van der Waals surface area contributed by atoms with Crippen molar-refractivity contribution in [2.75, 3.05) is 4.72 Å². The molecule has 2 rings (SSSR count). The highest BCUT2D eigenvalue weighted by atomic mass is 79.9. The quantitative estimate of drug-likeness (QED) is 0.799. The van der Waals surface area contributed by atoms with Gasteiger partial charge in [-0.1, -0.05) is 27.5 Å². The maximum absolute atomic E-state index is 12.2. The number of halogens is 2. The van der Waals surface area contributed by atoms with E-state index >= 15 is 0 Å². The molecule has 9 heteroatoms. The summed E-state index contributed by atoms with van der Waals surface area (Å²) in [4.78, 5) is 11.0. The summed E-state index contributed by atoms with van der Waals surface area (Å²) in [5.41, 5.74) is 0.800. The number of carbonyl (C=O) groups is 1. The largest absolute Gasteiger partial charge is 0.478 e. The molecule has 1 heterocycles. The molecule has 112 valence electrons. The van der Waals surface area contributed by atoms with Gasteiger partial charge in [-0.25, -0.2) is 13.2 Å². The smallest absolute Gasteiger partial charge is 0.335 e. The van der Waals surface area contributed by atoms with Gasteiger partial charge in [0.25, 0.3) is 10.0 Å². The Labute approximate surface area is 138 Å². The molecule has 0 unspecified atom stereocenters. The molecule has 0 saturated heterocycles. The first kappa shape index (κ1) is 16.3. The van der Waals surface area contributed by atoms with Crippen LogP contribution >= 0.6 is 38.9 Å². The molecular formula is C12H9BrClNO4S2. The number of benzene rings is 1. The second kappa shape index (κ2) is 5.96. The van der Waals surface area contributed by atoms with Gasteiger partial charge in [0.15, 0.2) is 0 Å². The lowest BCUT2D eigenvalue weighted by Gasteiger charge is -2.07. The highest BCUT2D eigenvalue weighted by Gasteiger charge is 2.19. The second-order valence-corrected chi connectivity index (χ2v) is 8.64. The number of nitrogens with one attached hydrogen (secondary N) is 1. The van der Waals surface area contributed by atoms with Gasteiger partial charge in [0.05, 0.1) is 15.6 Å². The highest BCUT2D eigenvalue weighted by molar-refractivity contribution is 9.10. The Balaban J connectivity index is 2.39. The van der Waals surface area contributed by atoms with Crippen LogP contribution in [-0.2, 0) is 10.0 Å². The summed E-state index contributed by atoms with van der Waals surface area (Å²) in [6.45, 7) is 1.71. The van der Waals surface area contributed by atoms with Crippen LogP contribution in [0.15, 0.2) is 32.9 Å². The maximum atomic E-state index is 12.2. The fourth-order valence-corrected chi connectivity index (χ4v) is 4.78. The zero-order chi connectivity index (χ0) is 15.8. The van der Waals surface area contributed by atoms with Gasteiger partial charge >= 0.3 is 5.97 Å². The van der Waals surface area contributed by atoms with Crippen LogP contribution in [0.2, 0.25) is 4.34 Å². The number of hydrogen-bond acceptors (Lipinski definition) is 4. The van der Waals surface area contributed by atoms with Crippen molar-refractivity contribution in [3.63, 3.8) is 0 Å². The monoisotopic (exact) mass is 409 g/mol. The lowest BCUT2D eigenvalue weighted by atomic mass is 10.2. The van der Waals surface area contributed by atoms with E-state index in [1.807, 2.05) is 0 Å². The zero-order valence-electron chi connectivity index (χ0n) is 10.6. The molecule has 1 aromatic heterocycles. The van der Waals surface area contributed by atoms with Gasteiger partial charge in [0.2, 0.25) is 0 Å². The van der Waals surface area contributed by atoms with E-state index in [0.717, 1.165) is 11.3 Å². The van der Waals surface area contributed by atoms with E-state index in [1.54, 1.807) is 6.92 Å². The van der Waals surface area contributed by atoms with Crippen molar-refractivity contribution in [2.45, 2.75) is 11.1 Å². The summed E-state index contributed by atoms with van der Waals surface area (Å²) in [7, 11) is -3.80. The average molecular weight is 411 g/mol. The van der Waals surface area contributed by atoms with Crippen molar-refractivity contribution in [3.05, 3.63) is 44.2 Å². The van der Waals surface area contributed by atoms with E-state index in [4.69, 9.17) is 16.7 Å². The molecule has 1 aromatic carbocycles. The summed E-state index contributed by atoms with van der Waals surface area (Å²) in [6, 6.07) is 5.57. The standard InChI is InChI=1S/C12H9BrClNO4S2/c1-6-2-10(20-11(6)14)21(18,19)15-9-4-7(12(16)17)3-8(13)5-9/h2-5,15H,1H3,(H,16,17). The predicted octanol–water partition coefficient (Wildman–Crippen LogP) is 3.97. The fraction of sp³-hybridized carbons (Fsp3) is 0.0833. The number of thiophene rings is 1. The van der Waals surface area contributed by atoms with Crippen molar-refractivity contribution in [1.29, 1.82) is 0 Å². The van der Waals surface area contributed by atoms with Crippen LogP contribution in [0.5, 0.6) is 0 Å². The Hall–Kier alpha value is -1.09. The molecule has 0 spiro atoms. The second-order valence-electron chi connectivity index (χ2n) is 4.16. The minimum absolute atomic E-state index is 0.0255. The van der Waals surface area contributed by atoms with E-state index in [-0.39, 0.29) is 15.5 Å². The summed E-state index contributed by atoms with van der Waals surface area (Å²) in [5.74, 6) is -1.15. The van der Waals surface area contributed by atoms with Crippen molar-refractivity contribution in [3.8, 4) is 0 Å². The van der Waals surface area contributed by atoms with E-state index in [1.165, 1.54) is 24.3 Å². The Morgan fingerprint density at radius 1 is 1.33 bits per heavy atom. The minimum atomic E-state index is -3.80. The number of rotatable bonds is 4. The Kier molecular flexibility index (Phi) is 4.62. The molecule has 0 atom stereocenters. The van der Waals surface area contributed by atoms with E-state index < -0.39 is 16.0 Å². The third kappa shape index (κ3) is 3.76. The van der Waals surface area contributed by atoms with Crippen molar-refractivity contribution < 1.29 is 18.3 Å². The van der Waals surface area contributed by atoms with Gasteiger partial charge in [0.1, 0.15) is 4.21 Å². The number of anilines is 1. The van der Waals surface area contributed by atoms with Gasteiger partial charge in [-0.2, -0.15) is 0 Å². The Bertz CT molecular complexity index is 797. The van der Waals surface area contributed by atoms with E-state index in [2.05, 4.69) is 20.7 Å². The SMILES string of the molecule is Cc1cc(S(=O)(=O)Nc2cc(Br)cc(C(=O)O)c2)sc1Cl.